The molecule has 2 aliphatic rings. The molecule has 0 bridgehead atoms. The third-order valence-electron chi connectivity index (χ3n) is 5.07. The molecule has 2 heterocycles. The van der Waals surface area contributed by atoms with E-state index in [4.69, 9.17) is 9.47 Å². The Morgan fingerprint density at radius 1 is 1.15 bits per heavy atom. The number of halogens is 1. The van der Waals surface area contributed by atoms with Crippen molar-refractivity contribution in [3.05, 3.63) is 26.2 Å². The second-order valence-electron chi connectivity index (χ2n) is 7.34. The van der Waals surface area contributed by atoms with E-state index in [0.717, 1.165) is 35.9 Å². The summed E-state index contributed by atoms with van der Waals surface area (Å²) in [7, 11) is 1.27. The SMILES string of the molecule is CCOc1cc(/C=C2/SC(=O)N(CC(=O)N3CCCCC3)C2=O)cc(I)c1OCC(=O)OC. The summed E-state index contributed by atoms with van der Waals surface area (Å²) >= 11 is 2.85. The standard InChI is InChI=1S/C22H25IN2O7S/c1-3-31-16-10-14(9-15(23)20(16)32-13-19(27)30-2)11-17-21(28)25(22(29)33-17)12-18(26)24-7-5-4-6-8-24/h9-11H,3-8,12-13H2,1-2H3/b17-11+. The van der Waals surface area contributed by atoms with Crippen LogP contribution in [0.5, 0.6) is 11.5 Å². The monoisotopic (exact) mass is 588 g/mol. The highest BCUT2D eigenvalue weighted by atomic mass is 127. The summed E-state index contributed by atoms with van der Waals surface area (Å²) in [6, 6.07) is 3.42. The summed E-state index contributed by atoms with van der Waals surface area (Å²) in [5, 5.41) is -0.464. The van der Waals surface area contributed by atoms with E-state index < -0.39 is 17.1 Å². The lowest BCUT2D eigenvalue weighted by atomic mass is 10.1. The number of thioether (sulfide) groups is 1. The number of nitrogens with zero attached hydrogens (tertiary/aromatic N) is 2. The largest absolute Gasteiger partial charge is 0.490 e. The molecule has 1 aromatic rings. The highest BCUT2D eigenvalue weighted by Gasteiger charge is 2.37. The molecule has 0 spiro atoms. The number of benzene rings is 1. The predicted octanol–water partition coefficient (Wildman–Crippen LogP) is 3.29. The maximum absolute atomic E-state index is 12.8. The molecule has 0 saturated carbocycles. The number of piperidine rings is 1. The Hall–Kier alpha value is -2.28. The van der Waals surface area contributed by atoms with Gasteiger partial charge in [-0.05, 0) is 84.3 Å². The van der Waals surface area contributed by atoms with Gasteiger partial charge in [0.15, 0.2) is 18.1 Å². The van der Waals surface area contributed by atoms with Crippen molar-refractivity contribution < 1.29 is 33.4 Å². The van der Waals surface area contributed by atoms with Crippen LogP contribution < -0.4 is 9.47 Å². The number of esters is 1. The lowest BCUT2D eigenvalue weighted by Gasteiger charge is -2.27. The second-order valence-corrected chi connectivity index (χ2v) is 9.49. The van der Waals surface area contributed by atoms with Gasteiger partial charge in [0.1, 0.15) is 6.54 Å². The van der Waals surface area contributed by atoms with Crippen LogP contribution in [0.4, 0.5) is 4.79 Å². The van der Waals surface area contributed by atoms with E-state index in [9.17, 15) is 19.2 Å². The molecule has 2 fully saturated rings. The van der Waals surface area contributed by atoms with Crippen LogP contribution in [0.1, 0.15) is 31.7 Å². The molecular formula is C22H25IN2O7S. The Morgan fingerprint density at radius 2 is 1.88 bits per heavy atom. The van der Waals surface area contributed by atoms with E-state index in [2.05, 4.69) is 4.74 Å². The van der Waals surface area contributed by atoms with Crippen molar-refractivity contribution in [1.29, 1.82) is 0 Å². The normalized spacial score (nSPS) is 17.5. The summed E-state index contributed by atoms with van der Waals surface area (Å²) in [5.74, 6) is -0.433. The molecule has 33 heavy (non-hydrogen) atoms. The van der Waals surface area contributed by atoms with Gasteiger partial charge in [-0.3, -0.25) is 19.3 Å². The number of carbonyl (C=O) groups excluding carboxylic acids is 4. The molecule has 1 aromatic carbocycles. The van der Waals surface area contributed by atoms with Gasteiger partial charge in [-0.25, -0.2) is 4.79 Å². The number of imide groups is 1. The van der Waals surface area contributed by atoms with Gasteiger partial charge in [-0.1, -0.05) is 0 Å². The number of hydrogen-bond acceptors (Lipinski definition) is 8. The average molecular weight is 588 g/mol. The van der Waals surface area contributed by atoms with Gasteiger partial charge in [-0.15, -0.1) is 0 Å². The quantitative estimate of drug-likeness (QED) is 0.259. The average Bonchev–Trinajstić information content (AvgIpc) is 3.06. The summed E-state index contributed by atoms with van der Waals surface area (Å²) < 4.78 is 16.5. The van der Waals surface area contributed by atoms with Crippen molar-refractivity contribution in [2.75, 3.05) is 40.0 Å². The Labute approximate surface area is 209 Å². The van der Waals surface area contributed by atoms with Crippen LogP contribution in [0.15, 0.2) is 17.0 Å². The first-order valence-corrected chi connectivity index (χ1v) is 12.4. The van der Waals surface area contributed by atoms with Crippen molar-refractivity contribution in [3.8, 4) is 11.5 Å². The topological polar surface area (TPSA) is 102 Å². The van der Waals surface area contributed by atoms with E-state index in [1.165, 1.54) is 7.11 Å². The van der Waals surface area contributed by atoms with Crippen LogP contribution in [0.2, 0.25) is 0 Å². The zero-order chi connectivity index (χ0) is 24.0. The second kappa shape index (κ2) is 11.7. The van der Waals surface area contributed by atoms with Gasteiger partial charge < -0.3 is 19.1 Å². The Morgan fingerprint density at radius 3 is 2.55 bits per heavy atom. The van der Waals surface area contributed by atoms with E-state index in [0.29, 0.717) is 40.3 Å². The zero-order valence-corrected chi connectivity index (χ0v) is 21.4. The Bertz CT molecular complexity index is 976. The van der Waals surface area contributed by atoms with Gasteiger partial charge in [0.05, 0.1) is 22.2 Å². The zero-order valence-electron chi connectivity index (χ0n) is 18.4. The van der Waals surface area contributed by atoms with Crippen molar-refractivity contribution >= 4 is 63.5 Å². The molecule has 2 aliphatic heterocycles. The fraction of sp³-hybridized carbons (Fsp3) is 0.455. The van der Waals surface area contributed by atoms with Crippen molar-refractivity contribution in [3.63, 3.8) is 0 Å². The molecule has 0 aliphatic carbocycles. The molecule has 0 unspecified atom stereocenters. The number of rotatable bonds is 8. The summed E-state index contributed by atoms with van der Waals surface area (Å²) in [6.45, 7) is 2.99. The van der Waals surface area contributed by atoms with Gasteiger partial charge in [-0.2, -0.15) is 0 Å². The van der Waals surface area contributed by atoms with E-state index >= 15 is 0 Å². The smallest absolute Gasteiger partial charge is 0.343 e. The first-order chi connectivity index (χ1) is 15.8. The fourth-order valence-corrected chi connectivity index (χ4v) is 5.05. The molecule has 3 amide bonds. The summed E-state index contributed by atoms with van der Waals surface area (Å²) in [4.78, 5) is 52.2. The van der Waals surface area contributed by atoms with Crippen LogP contribution in [-0.2, 0) is 19.1 Å². The Kier molecular flexibility index (Phi) is 9.01. The number of amides is 3. The van der Waals surface area contributed by atoms with Crippen LogP contribution in [0.25, 0.3) is 6.08 Å². The summed E-state index contributed by atoms with van der Waals surface area (Å²) in [5.41, 5.74) is 0.626. The predicted molar refractivity (Wildman–Crippen MR) is 131 cm³/mol. The van der Waals surface area contributed by atoms with Crippen LogP contribution >= 0.6 is 34.4 Å². The minimum Gasteiger partial charge on any atom is -0.490 e. The highest BCUT2D eigenvalue weighted by molar-refractivity contribution is 14.1. The third-order valence-corrected chi connectivity index (χ3v) is 6.78. The number of likely N-dealkylation sites (tertiary alicyclic amines) is 1. The van der Waals surface area contributed by atoms with Gasteiger partial charge in [0, 0.05) is 13.1 Å². The molecule has 0 atom stereocenters. The minimum atomic E-state index is -0.523. The van der Waals surface area contributed by atoms with Gasteiger partial charge >= 0.3 is 5.97 Å². The van der Waals surface area contributed by atoms with Crippen LogP contribution in [0.3, 0.4) is 0 Å². The number of carbonyl (C=O) groups is 4. The lowest BCUT2D eigenvalue weighted by Crippen LogP contribution is -2.44. The van der Waals surface area contributed by atoms with Gasteiger partial charge in [0.25, 0.3) is 11.1 Å². The summed E-state index contributed by atoms with van der Waals surface area (Å²) in [6.07, 6.45) is 4.55. The molecular weight excluding hydrogens is 563 g/mol. The molecule has 3 rings (SSSR count). The lowest BCUT2D eigenvalue weighted by molar-refractivity contribution is -0.143. The fourth-order valence-electron chi connectivity index (χ4n) is 3.43. The van der Waals surface area contributed by atoms with Crippen molar-refractivity contribution in [1.82, 2.24) is 9.80 Å². The number of ether oxygens (including phenoxy) is 3. The Balaban J connectivity index is 1.77. The first kappa shape index (κ1) is 25.3. The molecule has 0 radical (unpaired) electrons. The molecule has 0 aromatic heterocycles. The van der Waals surface area contributed by atoms with Gasteiger partial charge in [0.2, 0.25) is 5.91 Å². The van der Waals surface area contributed by atoms with E-state index in [1.54, 1.807) is 23.1 Å². The highest BCUT2D eigenvalue weighted by Crippen LogP contribution is 2.37. The van der Waals surface area contributed by atoms with E-state index in [-0.39, 0.29) is 24.0 Å². The molecule has 9 nitrogen and oxygen atoms in total. The minimum absolute atomic E-state index is 0.210. The van der Waals surface area contributed by atoms with E-state index in [1.807, 2.05) is 29.5 Å². The molecule has 0 N–H and O–H groups in total. The molecule has 11 heteroatoms. The maximum Gasteiger partial charge on any atom is 0.343 e. The van der Waals surface area contributed by atoms with Crippen LogP contribution in [0, 0.1) is 3.57 Å². The third kappa shape index (κ3) is 6.40. The number of hydrogen-bond donors (Lipinski definition) is 0. The number of methoxy groups -OCH3 is 1. The maximum atomic E-state index is 12.8. The molecule has 178 valence electrons. The van der Waals surface area contributed by atoms with Crippen molar-refractivity contribution in [2.45, 2.75) is 26.2 Å². The first-order valence-electron chi connectivity index (χ1n) is 10.5. The van der Waals surface area contributed by atoms with Crippen LogP contribution in [-0.4, -0.2) is 72.8 Å². The molecule has 2 saturated heterocycles. The van der Waals surface area contributed by atoms with Crippen molar-refractivity contribution in [2.24, 2.45) is 0 Å².